The summed E-state index contributed by atoms with van der Waals surface area (Å²) >= 11 is 1.65. The molecule has 32 heavy (non-hydrogen) atoms. The smallest absolute Gasteiger partial charge is 0.262 e. The van der Waals surface area contributed by atoms with E-state index >= 15 is 0 Å². The summed E-state index contributed by atoms with van der Waals surface area (Å²) in [6, 6.07) is 4.29. The number of sulfonamides is 1. The van der Waals surface area contributed by atoms with Crippen molar-refractivity contribution in [3.05, 3.63) is 35.0 Å². The van der Waals surface area contributed by atoms with Crippen molar-refractivity contribution in [2.45, 2.75) is 30.6 Å². The molecule has 1 aromatic carbocycles. The molecule has 0 fully saturated rings. The van der Waals surface area contributed by atoms with Crippen LogP contribution in [0, 0.1) is 0 Å². The average Bonchev–Trinajstić information content (AvgIpc) is 3.16. The maximum absolute atomic E-state index is 12.6. The molecule has 3 aromatic rings. The van der Waals surface area contributed by atoms with Crippen molar-refractivity contribution in [3.8, 4) is 11.6 Å². The average molecular weight is 477 g/mol. The molecule has 1 amide bonds. The zero-order chi connectivity index (χ0) is 22.9. The van der Waals surface area contributed by atoms with E-state index in [0.717, 1.165) is 40.2 Å². The molecule has 9 nitrogen and oxygen atoms in total. The van der Waals surface area contributed by atoms with E-state index in [-0.39, 0.29) is 17.2 Å². The van der Waals surface area contributed by atoms with Crippen LogP contribution in [0.1, 0.15) is 23.3 Å². The van der Waals surface area contributed by atoms with E-state index in [4.69, 9.17) is 9.47 Å². The molecule has 2 heterocycles. The number of carbonyl (C=O) groups excluding carboxylic acids is 1. The van der Waals surface area contributed by atoms with E-state index in [1.54, 1.807) is 11.3 Å². The van der Waals surface area contributed by atoms with Crippen LogP contribution in [0.15, 0.2) is 29.4 Å². The van der Waals surface area contributed by atoms with E-state index < -0.39 is 15.9 Å². The fraction of sp³-hybridized carbons (Fsp3) is 0.381. The lowest BCUT2D eigenvalue weighted by molar-refractivity contribution is -0.118. The second-order valence-electron chi connectivity index (χ2n) is 7.56. The summed E-state index contributed by atoms with van der Waals surface area (Å²) in [5.41, 5.74) is 1.46. The molecular formula is C21H24N4O5S2. The van der Waals surface area contributed by atoms with Gasteiger partial charge < -0.3 is 14.8 Å². The molecule has 1 aliphatic carbocycles. The summed E-state index contributed by atoms with van der Waals surface area (Å²) < 4.78 is 37.0. The fourth-order valence-corrected chi connectivity index (χ4v) is 5.79. The maximum atomic E-state index is 12.6. The summed E-state index contributed by atoms with van der Waals surface area (Å²) in [5, 5.41) is 3.56. The van der Waals surface area contributed by atoms with Crippen molar-refractivity contribution in [1.29, 1.82) is 0 Å². The molecule has 170 valence electrons. The maximum Gasteiger partial charge on any atom is 0.262 e. The lowest BCUT2D eigenvalue weighted by atomic mass is 9.97. The van der Waals surface area contributed by atoms with Crippen molar-refractivity contribution in [2.75, 3.05) is 33.1 Å². The Kier molecular flexibility index (Phi) is 6.31. The lowest BCUT2D eigenvalue weighted by Crippen LogP contribution is -2.23. The summed E-state index contributed by atoms with van der Waals surface area (Å²) in [5.74, 6) is 0.270. The lowest BCUT2D eigenvalue weighted by Gasteiger charge is -2.15. The molecule has 0 radical (unpaired) electrons. The number of ether oxygens (including phenoxy) is 2. The zero-order valence-corrected chi connectivity index (χ0v) is 19.7. The highest BCUT2D eigenvalue weighted by atomic mass is 32.2. The minimum Gasteiger partial charge on any atom is -0.495 e. The molecule has 1 N–H and O–H groups in total. The normalized spacial score (nSPS) is 13.8. The van der Waals surface area contributed by atoms with Crippen LogP contribution in [-0.4, -0.2) is 56.4 Å². The van der Waals surface area contributed by atoms with E-state index in [9.17, 15) is 13.2 Å². The highest BCUT2D eigenvalue weighted by Crippen LogP contribution is 2.39. The van der Waals surface area contributed by atoms with Crippen molar-refractivity contribution in [3.63, 3.8) is 0 Å². The molecule has 0 saturated carbocycles. The number of amides is 1. The highest BCUT2D eigenvalue weighted by molar-refractivity contribution is 7.89. The third kappa shape index (κ3) is 4.27. The van der Waals surface area contributed by atoms with Crippen LogP contribution >= 0.6 is 11.3 Å². The van der Waals surface area contributed by atoms with Gasteiger partial charge in [-0.05, 0) is 49.4 Å². The Balaban J connectivity index is 1.53. The molecule has 0 saturated heterocycles. The van der Waals surface area contributed by atoms with Gasteiger partial charge in [0, 0.05) is 19.0 Å². The molecule has 0 aliphatic heterocycles. The van der Waals surface area contributed by atoms with Crippen LogP contribution < -0.4 is 14.8 Å². The van der Waals surface area contributed by atoms with Crippen molar-refractivity contribution in [2.24, 2.45) is 0 Å². The van der Waals surface area contributed by atoms with Gasteiger partial charge in [-0.3, -0.25) is 4.79 Å². The summed E-state index contributed by atoms with van der Waals surface area (Å²) in [4.78, 5) is 23.4. The Hall–Kier alpha value is -2.76. The predicted molar refractivity (Wildman–Crippen MR) is 122 cm³/mol. The number of hydrogen-bond donors (Lipinski definition) is 1. The summed E-state index contributed by atoms with van der Waals surface area (Å²) in [6.07, 6.45) is 5.70. The number of aromatic nitrogens is 2. The monoisotopic (exact) mass is 476 g/mol. The first-order chi connectivity index (χ1) is 15.3. The minimum absolute atomic E-state index is 0.0435. The van der Waals surface area contributed by atoms with Gasteiger partial charge in [-0.25, -0.2) is 22.7 Å². The number of anilines is 1. The Bertz CT molecular complexity index is 1270. The van der Waals surface area contributed by atoms with Gasteiger partial charge in [-0.2, -0.15) is 0 Å². The number of nitrogens with zero attached hydrogens (tertiary/aromatic N) is 3. The Morgan fingerprint density at radius 2 is 2.00 bits per heavy atom. The van der Waals surface area contributed by atoms with Gasteiger partial charge in [0.15, 0.2) is 6.61 Å². The largest absolute Gasteiger partial charge is 0.495 e. The van der Waals surface area contributed by atoms with Crippen LogP contribution in [0.4, 0.5) is 5.69 Å². The van der Waals surface area contributed by atoms with Crippen LogP contribution in [0.5, 0.6) is 11.6 Å². The van der Waals surface area contributed by atoms with Gasteiger partial charge >= 0.3 is 0 Å². The fourth-order valence-electron chi connectivity index (χ4n) is 3.65. The Morgan fingerprint density at radius 1 is 1.22 bits per heavy atom. The molecule has 2 aromatic heterocycles. The molecule has 0 spiro atoms. The van der Waals surface area contributed by atoms with E-state index in [1.165, 1.54) is 56.2 Å². The van der Waals surface area contributed by atoms with Crippen molar-refractivity contribution < 1.29 is 22.7 Å². The number of nitrogens with one attached hydrogen (secondary N) is 1. The zero-order valence-electron chi connectivity index (χ0n) is 18.0. The number of hydrogen-bond acceptors (Lipinski definition) is 8. The topological polar surface area (TPSA) is 111 Å². The van der Waals surface area contributed by atoms with Gasteiger partial charge in [0.2, 0.25) is 15.9 Å². The molecule has 0 atom stereocenters. The number of benzene rings is 1. The van der Waals surface area contributed by atoms with Crippen molar-refractivity contribution in [1.82, 2.24) is 14.3 Å². The number of carbonyl (C=O) groups is 1. The number of rotatable bonds is 7. The third-order valence-corrected chi connectivity index (χ3v) is 8.29. The van der Waals surface area contributed by atoms with Crippen molar-refractivity contribution >= 4 is 43.2 Å². The number of methoxy groups -OCH3 is 1. The van der Waals surface area contributed by atoms with Crippen LogP contribution in [-0.2, 0) is 27.7 Å². The molecule has 4 rings (SSSR count). The van der Waals surface area contributed by atoms with Crippen LogP contribution in [0.2, 0.25) is 0 Å². The molecular weight excluding hydrogens is 452 g/mol. The second-order valence-corrected chi connectivity index (χ2v) is 10.8. The van der Waals surface area contributed by atoms with Gasteiger partial charge in [0.1, 0.15) is 16.9 Å². The van der Waals surface area contributed by atoms with Gasteiger partial charge in [0.25, 0.3) is 5.91 Å². The van der Waals surface area contributed by atoms with Gasteiger partial charge in [-0.15, -0.1) is 11.3 Å². The number of thiophene rings is 1. The van der Waals surface area contributed by atoms with Gasteiger partial charge in [0.05, 0.1) is 23.1 Å². The minimum atomic E-state index is -3.66. The first-order valence-electron chi connectivity index (χ1n) is 10.1. The number of aryl methyl sites for hydroxylation is 2. The highest BCUT2D eigenvalue weighted by Gasteiger charge is 2.22. The van der Waals surface area contributed by atoms with E-state index in [1.807, 2.05) is 0 Å². The molecule has 1 aliphatic rings. The first kappa shape index (κ1) is 22.4. The summed E-state index contributed by atoms with van der Waals surface area (Å²) in [7, 11) is 0.664. The Morgan fingerprint density at radius 3 is 2.75 bits per heavy atom. The van der Waals surface area contributed by atoms with Gasteiger partial charge in [-0.1, -0.05) is 0 Å². The van der Waals surface area contributed by atoms with E-state index in [0.29, 0.717) is 11.6 Å². The second kappa shape index (κ2) is 9.00. The molecule has 0 unspecified atom stereocenters. The molecule has 11 heteroatoms. The first-order valence-corrected chi connectivity index (χ1v) is 12.4. The Labute approximate surface area is 190 Å². The third-order valence-electron chi connectivity index (χ3n) is 5.28. The van der Waals surface area contributed by atoms with Crippen LogP contribution in [0.3, 0.4) is 0 Å². The predicted octanol–water partition coefficient (Wildman–Crippen LogP) is 2.85. The van der Waals surface area contributed by atoms with E-state index in [2.05, 4.69) is 15.3 Å². The molecule has 0 bridgehead atoms. The summed E-state index contributed by atoms with van der Waals surface area (Å²) in [6.45, 7) is -0.287. The standard InChI is InChI=1S/C21H24N4O5S2/c1-25(2)32(27,28)13-8-9-16(29-3)15(10-13)24-18(26)11-30-20-19-14-6-4-5-7-17(14)31-21(19)23-12-22-20/h8-10,12H,4-7,11H2,1-3H3,(H,24,26). The quantitative estimate of drug-likeness (QED) is 0.558. The SMILES string of the molecule is COc1ccc(S(=O)(=O)N(C)C)cc1NC(=O)COc1ncnc2sc3c(c12)CCCC3. The van der Waals surface area contributed by atoms with Crippen LogP contribution in [0.25, 0.3) is 10.2 Å². The number of fused-ring (bicyclic) bond motifs is 3.